The van der Waals surface area contributed by atoms with Crippen molar-refractivity contribution in [2.24, 2.45) is 5.92 Å². The highest BCUT2D eigenvalue weighted by molar-refractivity contribution is 9.10. The van der Waals surface area contributed by atoms with Gasteiger partial charge in [-0.15, -0.1) is 0 Å². The van der Waals surface area contributed by atoms with Crippen molar-refractivity contribution in [3.05, 3.63) is 28.0 Å². The maximum atomic E-state index is 13.3. The number of rotatable bonds is 5. The van der Waals surface area contributed by atoms with Crippen LogP contribution in [0, 0.1) is 18.7 Å². The molecule has 0 aliphatic heterocycles. The summed E-state index contributed by atoms with van der Waals surface area (Å²) >= 11 is 3.13. The Morgan fingerprint density at radius 3 is 2.58 bits per heavy atom. The SMILES string of the molecule is Cc1cc(F)c(Br)cc1NCC(=O)NC(C)C(C)C. The monoisotopic (exact) mass is 330 g/mol. The van der Waals surface area contributed by atoms with Crippen LogP contribution in [0.4, 0.5) is 10.1 Å². The van der Waals surface area contributed by atoms with Crippen molar-refractivity contribution in [2.45, 2.75) is 33.7 Å². The highest BCUT2D eigenvalue weighted by Crippen LogP contribution is 2.23. The van der Waals surface area contributed by atoms with E-state index in [-0.39, 0.29) is 24.3 Å². The van der Waals surface area contributed by atoms with E-state index in [1.54, 1.807) is 13.0 Å². The molecule has 3 nitrogen and oxygen atoms in total. The zero-order valence-corrected chi connectivity index (χ0v) is 13.3. The first-order chi connectivity index (χ1) is 8.81. The Labute approximate surface area is 122 Å². The smallest absolute Gasteiger partial charge is 0.239 e. The average molecular weight is 331 g/mol. The molecular formula is C14H20BrFN2O. The molecular weight excluding hydrogens is 311 g/mol. The van der Waals surface area contributed by atoms with Crippen molar-refractivity contribution in [1.82, 2.24) is 5.32 Å². The molecule has 1 unspecified atom stereocenters. The predicted molar refractivity (Wildman–Crippen MR) is 79.8 cm³/mol. The minimum absolute atomic E-state index is 0.0685. The summed E-state index contributed by atoms with van der Waals surface area (Å²) in [5, 5.41) is 5.92. The minimum Gasteiger partial charge on any atom is -0.376 e. The molecule has 0 bridgehead atoms. The van der Waals surface area contributed by atoms with Crippen LogP contribution in [0.1, 0.15) is 26.3 Å². The summed E-state index contributed by atoms with van der Waals surface area (Å²) in [6.45, 7) is 8.06. The van der Waals surface area contributed by atoms with Gasteiger partial charge < -0.3 is 10.6 Å². The summed E-state index contributed by atoms with van der Waals surface area (Å²) in [7, 11) is 0. The summed E-state index contributed by atoms with van der Waals surface area (Å²) in [5.74, 6) is 0.0210. The molecule has 1 amide bonds. The summed E-state index contributed by atoms with van der Waals surface area (Å²) in [5.41, 5.74) is 1.52. The van der Waals surface area contributed by atoms with Gasteiger partial charge in [-0.1, -0.05) is 13.8 Å². The van der Waals surface area contributed by atoms with Gasteiger partial charge in [0, 0.05) is 11.7 Å². The summed E-state index contributed by atoms with van der Waals surface area (Å²) < 4.78 is 13.7. The molecule has 0 saturated heterocycles. The number of anilines is 1. The van der Waals surface area contributed by atoms with Crippen LogP contribution >= 0.6 is 15.9 Å². The van der Waals surface area contributed by atoms with Gasteiger partial charge in [0.15, 0.2) is 0 Å². The van der Waals surface area contributed by atoms with Crippen LogP contribution in [0.3, 0.4) is 0 Å². The number of carbonyl (C=O) groups excluding carboxylic acids is 1. The van der Waals surface area contributed by atoms with Gasteiger partial charge in [-0.25, -0.2) is 4.39 Å². The van der Waals surface area contributed by atoms with E-state index in [2.05, 4.69) is 40.4 Å². The molecule has 0 heterocycles. The molecule has 19 heavy (non-hydrogen) atoms. The zero-order chi connectivity index (χ0) is 14.6. The minimum atomic E-state index is -0.305. The van der Waals surface area contributed by atoms with Gasteiger partial charge in [-0.2, -0.15) is 0 Å². The van der Waals surface area contributed by atoms with Gasteiger partial charge in [0.1, 0.15) is 5.82 Å². The number of benzene rings is 1. The molecule has 1 atom stereocenters. The lowest BCUT2D eigenvalue weighted by Crippen LogP contribution is -2.39. The van der Waals surface area contributed by atoms with Crippen LogP contribution in [0.2, 0.25) is 0 Å². The average Bonchev–Trinajstić information content (AvgIpc) is 2.32. The first-order valence-corrected chi connectivity index (χ1v) is 7.09. The fraction of sp³-hybridized carbons (Fsp3) is 0.500. The van der Waals surface area contributed by atoms with Crippen LogP contribution in [0.25, 0.3) is 0 Å². The molecule has 1 rings (SSSR count). The lowest BCUT2D eigenvalue weighted by Gasteiger charge is -2.18. The van der Waals surface area contributed by atoms with Gasteiger partial charge in [0.2, 0.25) is 5.91 Å². The van der Waals surface area contributed by atoms with Crippen molar-refractivity contribution in [3.8, 4) is 0 Å². The lowest BCUT2D eigenvalue weighted by molar-refractivity contribution is -0.120. The molecule has 0 saturated carbocycles. The van der Waals surface area contributed by atoms with Crippen LogP contribution in [0.15, 0.2) is 16.6 Å². The second kappa shape index (κ2) is 6.89. The van der Waals surface area contributed by atoms with Crippen molar-refractivity contribution in [3.63, 3.8) is 0 Å². The largest absolute Gasteiger partial charge is 0.376 e. The van der Waals surface area contributed by atoms with E-state index < -0.39 is 0 Å². The number of aryl methyl sites for hydroxylation is 1. The number of amides is 1. The first kappa shape index (κ1) is 16.0. The van der Waals surface area contributed by atoms with Crippen molar-refractivity contribution in [2.75, 3.05) is 11.9 Å². The number of hydrogen-bond acceptors (Lipinski definition) is 2. The molecule has 0 fully saturated rings. The standard InChI is InChI=1S/C14H20BrFN2O/c1-8(2)10(4)18-14(19)7-17-13-6-11(15)12(16)5-9(13)3/h5-6,8,10,17H,7H2,1-4H3,(H,18,19). The van der Waals surface area contributed by atoms with E-state index in [1.807, 2.05) is 6.92 Å². The Hall–Kier alpha value is -1.10. The van der Waals surface area contributed by atoms with Gasteiger partial charge in [-0.3, -0.25) is 4.79 Å². The third-order valence-corrected chi connectivity index (χ3v) is 3.70. The van der Waals surface area contributed by atoms with Gasteiger partial charge in [-0.05, 0) is 53.4 Å². The third-order valence-electron chi connectivity index (χ3n) is 3.10. The summed E-state index contributed by atoms with van der Waals surface area (Å²) in [6, 6.07) is 3.21. The number of halogens is 2. The Balaban J connectivity index is 2.58. The molecule has 0 spiro atoms. The van der Waals surface area contributed by atoms with Crippen molar-refractivity contribution < 1.29 is 9.18 Å². The molecule has 106 valence electrons. The Kier molecular flexibility index (Phi) is 5.79. The van der Waals surface area contributed by atoms with Gasteiger partial charge >= 0.3 is 0 Å². The van der Waals surface area contributed by atoms with Crippen molar-refractivity contribution in [1.29, 1.82) is 0 Å². The lowest BCUT2D eigenvalue weighted by atomic mass is 10.1. The van der Waals surface area contributed by atoms with Crippen LogP contribution < -0.4 is 10.6 Å². The zero-order valence-electron chi connectivity index (χ0n) is 11.7. The van der Waals surface area contributed by atoms with Crippen LogP contribution in [-0.4, -0.2) is 18.5 Å². The van der Waals surface area contributed by atoms with Gasteiger partial charge in [0.25, 0.3) is 0 Å². The molecule has 2 N–H and O–H groups in total. The first-order valence-electron chi connectivity index (χ1n) is 6.30. The predicted octanol–water partition coefficient (Wildman–Crippen LogP) is 3.47. The number of nitrogens with one attached hydrogen (secondary N) is 2. The number of hydrogen-bond donors (Lipinski definition) is 2. The fourth-order valence-corrected chi connectivity index (χ4v) is 1.83. The summed E-state index contributed by atoms with van der Waals surface area (Å²) in [4.78, 5) is 11.7. The van der Waals surface area contributed by atoms with E-state index in [0.29, 0.717) is 10.4 Å². The van der Waals surface area contributed by atoms with Crippen LogP contribution in [0.5, 0.6) is 0 Å². The van der Waals surface area contributed by atoms with Crippen molar-refractivity contribution >= 4 is 27.5 Å². The molecule has 1 aromatic carbocycles. The molecule has 0 radical (unpaired) electrons. The maximum absolute atomic E-state index is 13.3. The van der Waals surface area contributed by atoms with Gasteiger partial charge in [0.05, 0.1) is 11.0 Å². The highest BCUT2D eigenvalue weighted by Gasteiger charge is 2.11. The molecule has 1 aromatic rings. The quantitative estimate of drug-likeness (QED) is 0.867. The Bertz CT molecular complexity index is 463. The normalized spacial score (nSPS) is 12.4. The second-order valence-electron chi connectivity index (χ2n) is 5.03. The van der Waals surface area contributed by atoms with E-state index in [4.69, 9.17) is 0 Å². The summed E-state index contributed by atoms with van der Waals surface area (Å²) in [6.07, 6.45) is 0. The molecule has 0 aliphatic carbocycles. The fourth-order valence-electron chi connectivity index (χ4n) is 1.48. The maximum Gasteiger partial charge on any atom is 0.239 e. The third kappa shape index (κ3) is 4.82. The Morgan fingerprint density at radius 1 is 1.37 bits per heavy atom. The van der Waals surface area contributed by atoms with E-state index >= 15 is 0 Å². The van der Waals surface area contributed by atoms with Crippen LogP contribution in [-0.2, 0) is 4.79 Å². The molecule has 5 heteroatoms. The second-order valence-corrected chi connectivity index (χ2v) is 5.89. The topological polar surface area (TPSA) is 41.1 Å². The molecule has 0 aromatic heterocycles. The van der Waals surface area contributed by atoms with E-state index in [0.717, 1.165) is 11.3 Å². The Morgan fingerprint density at radius 2 is 2.00 bits per heavy atom. The highest BCUT2D eigenvalue weighted by atomic mass is 79.9. The van der Waals surface area contributed by atoms with E-state index in [1.165, 1.54) is 6.07 Å². The van der Waals surface area contributed by atoms with E-state index in [9.17, 15) is 9.18 Å². The molecule has 0 aliphatic rings. The number of carbonyl (C=O) groups is 1.